The maximum absolute atomic E-state index is 2.32. The summed E-state index contributed by atoms with van der Waals surface area (Å²) in [6, 6.07) is 0. The van der Waals surface area contributed by atoms with E-state index >= 15 is 0 Å². The standard InChI is InChI=1S/C13H24/c1-5-7-9-11-13(12(3)4)10-8-6-2/h5-8,12-13H,9-11H2,1-4H3. The summed E-state index contributed by atoms with van der Waals surface area (Å²) in [7, 11) is 0. The van der Waals surface area contributed by atoms with Crippen molar-refractivity contribution in [2.45, 2.75) is 47.0 Å². The Morgan fingerprint density at radius 2 is 1.62 bits per heavy atom. The highest BCUT2D eigenvalue weighted by molar-refractivity contribution is 4.84. The van der Waals surface area contributed by atoms with E-state index in [0.717, 1.165) is 11.8 Å². The topological polar surface area (TPSA) is 0 Å². The molecule has 76 valence electrons. The van der Waals surface area contributed by atoms with Crippen LogP contribution in [-0.4, -0.2) is 0 Å². The summed E-state index contributed by atoms with van der Waals surface area (Å²) in [5.41, 5.74) is 0. The summed E-state index contributed by atoms with van der Waals surface area (Å²) in [4.78, 5) is 0. The first-order chi connectivity index (χ1) is 6.22. The molecule has 0 bridgehead atoms. The quantitative estimate of drug-likeness (QED) is 0.525. The van der Waals surface area contributed by atoms with Gasteiger partial charge in [-0.05, 0) is 44.9 Å². The summed E-state index contributed by atoms with van der Waals surface area (Å²) in [5, 5.41) is 0. The van der Waals surface area contributed by atoms with Crippen molar-refractivity contribution in [3.05, 3.63) is 24.3 Å². The van der Waals surface area contributed by atoms with Crippen molar-refractivity contribution in [2.75, 3.05) is 0 Å². The molecule has 0 N–H and O–H groups in total. The lowest BCUT2D eigenvalue weighted by molar-refractivity contribution is 0.365. The average molecular weight is 180 g/mol. The molecule has 0 nitrogen and oxygen atoms in total. The molecule has 0 saturated carbocycles. The van der Waals surface area contributed by atoms with E-state index < -0.39 is 0 Å². The smallest absolute Gasteiger partial charge is 0.0320 e. The summed E-state index contributed by atoms with van der Waals surface area (Å²) < 4.78 is 0. The third-order valence-corrected chi connectivity index (χ3v) is 2.56. The molecule has 13 heavy (non-hydrogen) atoms. The highest BCUT2D eigenvalue weighted by atomic mass is 14.1. The van der Waals surface area contributed by atoms with Gasteiger partial charge in [-0.1, -0.05) is 38.2 Å². The lowest BCUT2D eigenvalue weighted by Crippen LogP contribution is -2.07. The van der Waals surface area contributed by atoms with Gasteiger partial charge in [0.25, 0.3) is 0 Å². The van der Waals surface area contributed by atoms with Gasteiger partial charge in [-0.15, -0.1) is 0 Å². The van der Waals surface area contributed by atoms with Crippen LogP contribution in [0.1, 0.15) is 47.0 Å². The summed E-state index contributed by atoms with van der Waals surface area (Å²) in [6.07, 6.45) is 12.7. The maximum Gasteiger partial charge on any atom is -0.0320 e. The van der Waals surface area contributed by atoms with E-state index in [2.05, 4.69) is 52.0 Å². The van der Waals surface area contributed by atoms with Crippen LogP contribution in [0.5, 0.6) is 0 Å². The number of hydrogen-bond acceptors (Lipinski definition) is 0. The second-order valence-electron chi connectivity index (χ2n) is 3.96. The minimum Gasteiger partial charge on any atom is -0.0917 e. The molecule has 0 rings (SSSR count). The van der Waals surface area contributed by atoms with Crippen molar-refractivity contribution in [1.82, 2.24) is 0 Å². The number of hydrogen-bond donors (Lipinski definition) is 0. The van der Waals surface area contributed by atoms with Crippen molar-refractivity contribution in [1.29, 1.82) is 0 Å². The highest BCUT2D eigenvalue weighted by Gasteiger charge is 2.09. The minimum atomic E-state index is 0.807. The fourth-order valence-electron chi connectivity index (χ4n) is 1.51. The molecule has 1 atom stereocenters. The Morgan fingerprint density at radius 3 is 2.08 bits per heavy atom. The second-order valence-corrected chi connectivity index (χ2v) is 3.96. The van der Waals surface area contributed by atoms with E-state index in [-0.39, 0.29) is 0 Å². The monoisotopic (exact) mass is 180 g/mol. The fraction of sp³-hybridized carbons (Fsp3) is 0.692. The lowest BCUT2D eigenvalue weighted by Gasteiger charge is -2.18. The molecule has 0 aromatic rings. The molecule has 1 unspecified atom stereocenters. The molecule has 0 fully saturated rings. The van der Waals surface area contributed by atoms with E-state index in [1.54, 1.807) is 0 Å². The predicted molar refractivity (Wildman–Crippen MR) is 61.8 cm³/mol. The van der Waals surface area contributed by atoms with Crippen LogP contribution in [0.3, 0.4) is 0 Å². The van der Waals surface area contributed by atoms with Gasteiger partial charge in [0.1, 0.15) is 0 Å². The highest BCUT2D eigenvalue weighted by Crippen LogP contribution is 2.21. The van der Waals surface area contributed by atoms with Crippen molar-refractivity contribution in [3.63, 3.8) is 0 Å². The van der Waals surface area contributed by atoms with Gasteiger partial charge in [0.05, 0.1) is 0 Å². The predicted octanol–water partition coefficient (Wildman–Crippen LogP) is 4.58. The summed E-state index contributed by atoms with van der Waals surface area (Å²) >= 11 is 0. The van der Waals surface area contributed by atoms with Crippen molar-refractivity contribution in [2.24, 2.45) is 11.8 Å². The first-order valence-corrected chi connectivity index (χ1v) is 5.44. The van der Waals surface area contributed by atoms with Gasteiger partial charge in [0.15, 0.2) is 0 Å². The van der Waals surface area contributed by atoms with Gasteiger partial charge >= 0.3 is 0 Å². The Labute approximate surface area is 83.7 Å². The third kappa shape index (κ3) is 6.62. The Kier molecular flexibility index (Phi) is 7.77. The molecular weight excluding hydrogens is 156 g/mol. The van der Waals surface area contributed by atoms with Crippen molar-refractivity contribution < 1.29 is 0 Å². The molecule has 0 heterocycles. The van der Waals surface area contributed by atoms with Gasteiger partial charge < -0.3 is 0 Å². The molecule has 0 spiro atoms. The normalized spacial score (nSPS) is 14.8. The SMILES string of the molecule is CC=CCCC(CC=CC)C(C)C. The van der Waals surface area contributed by atoms with Crippen LogP contribution < -0.4 is 0 Å². The molecule has 0 aliphatic heterocycles. The molecule has 0 amide bonds. The Balaban J connectivity index is 3.80. The van der Waals surface area contributed by atoms with Crippen molar-refractivity contribution >= 4 is 0 Å². The Morgan fingerprint density at radius 1 is 1.00 bits per heavy atom. The summed E-state index contributed by atoms with van der Waals surface area (Å²) in [6.45, 7) is 8.84. The zero-order valence-corrected chi connectivity index (χ0v) is 9.59. The zero-order valence-electron chi connectivity index (χ0n) is 9.59. The molecule has 0 saturated heterocycles. The molecule has 0 aliphatic rings. The molecule has 0 aliphatic carbocycles. The van der Waals surface area contributed by atoms with Gasteiger partial charge in [-0.3, -0.25) is 0 Å². The van der Waals surface area contributed by atoms with E-state index in [9.17, 15) is 0 Å². The van der Waals surface area contributed by atoms with Crippen LogP contribution in [-0.2, 0) is 0 Å². The van der Waals surface area contributed by atoms with Crippen LogP contribution in [0, 0.1) is 11.8 Å². The zero-order chi connectivity index (χ0) is 10.1. The molecule has 0 heteroatoms. The molecular formula is C13H24. The van der Waals surface area contributed by atoms with Crippen LogP contribution in [0.2, 0.25) is 0 Å². The van der Waals surface area contributed by atoms with Gasteiger partial charge in [-0.2, -0.15) is 0 Å². The molecule has 0 radical (unpaired) electrons. The summed E-state index contributed by atoms with van der Waals surface area (Å²) in [5.74, 6) is 1.66. The Hall–Kier alpha value is -0.520. The minimum absolute atomic E-state index is 0.807. The number of allylic oxidation sites excluding steroid dienone is 4. The third-order valence-electron chi connectivity index (χ3n) is 2.56. The van der Waals surface area contributed by atoms with Gasteiger partial charge in [-0.25, -0.2) is 0 Å². The first-order valence-electron chi connectivity index (χ1n) is 5.44. The van der Waals surface area contributed by atoms with Crippen molar-refractivity contribution in [3.8, 4) is 0 Å². The van der Waals surface area contributed by atoms with Gasteiger partial charge in [0, 0.05) is 0 Å². The number of rotatable bonds is 6. The Bertz CT molecular complexity index is 151. The largest absolute Gasteiger partial charge is 0.0917 e. The van der Waals surface area contributed by atoms with E-state index in [0.29, 0.717) is 0 Å². The molecule has 0 aromatic heterocycles. The maximum atomic E-state index is 2.32. The van der Waals surface area contributed by atoms with Crippen LogP contribution in [0.25, 0.3) is 0 Å². The van der Waals surface area contributed by atoms with Crippen LogP contribution in [0.15, 0.2) is 24.3 Å². The molecule has 0 aromatic carbocycles. The van der Waals surface area contributed by atoms with E-state index in [4.69, 9.17) is 0 Å². The van der Waals surface area contributed by atoms with Crippen LogP contribution >= 0.6 is 0 Å². The van der Waals surface area contributed by atoms with E-state index in [1.165, 1.54) is 19.3 Å². The first kappa shape index (κ1) is 12.5. The van der Waals surface area contributed by atoms with Gasteiger partial charge in [0.2, 0.25) is 0 Å². The van der Waals surface area contributed by atoms with E-state index in [1.807, 2.05) is 0 Å². The van der Waals surface area contributed by atoms with Crippen LogP contribution in [0.4, 0.5) is 0 Å². The second kappa shape index (κ2) is 8.10. The lowest BCUT2D eigenvalue weighted by atomic mass is 9.88. The fourth-order valence-corrected chi connectivity index (χ4v) is 1.51. The average Bonchev–Trinajstić information content (AvgIpc) is 2.10.